The van der Waals surface area contributed by atoms with E-state index in [-0.39, 0.29) is 6.61 Å². The summed E-state index contributed by atoms with van der Waals surface area (Å²) >= 11 is 0. The largest absolute Gasteiger partial charge is 0.465 e. The van der Waals surface area contributed by atoms with Crippen LogP contribution in [-0.4, -0.2) is 33.2 Å². The summed E-state index contributed by atoms with van der Waals surface area (Å²) in [4.78, 5) is 12.4. The molecule has 0 saturated heterocycles. The van der Waals surface area contributed by atoms with Crippen molar-refractivity contribution in [2.45, 2.75) is 42.9 Å². The Kier molecular flexibility index (Phi) is 6.73. The first-order valence-corrected chi connectivity index (χ1v) is 7.63. The van der Waals surface area contributed by atoms with Crippen LogP contribution in [0, 0.1) is 0 Å². The third kappa shape index (κ3) is 4.44. The molecule has 1 N–H and O–H groups in total. The Morgan fingerprint density at radius 2 is 1.95 bits per heavy atom. The molecule has 19 heavy (non-hydrogen) atoms. The summed E-state index contributed by atoms with van der Waals surface area (Å²) < 4.78 is 17.3. The Labute approximate surface area is 116 Å². The molecule has 0 radical (unpaired) electrons. The Balaban J connectivity index is 2.96. The van der Waals surface area contributed by atoms with Gasteiger partial charge in [-0.2, -0.15) is 0 Å². The van der Waals surface area contributed by atoms with Crippen LogP contribution in [0.4, 0.5) is 0 Å². The molecule has 0 aromatic heterocycles. The third-order valence-electron chi connectivity index (χ3n) is 2.66. The molecule has 5 heteroatoms. The summed E-state index contributed by atoms with van der Waals surface area (Å²) in [6.45, 7) is 3.80. The first-order chi connectivity index (χ1) is 9.11. The van der Waals surface area contributed by atoms with Gasteiger partial charge in [-0.05, 0) is 25.5 Å². The molecule has 0 aliphatic carbocycles. The second-order valence-electron chi connectivity index (χ2n) is 4.14. The number of hydrogen-bond acceptors (Lipinski definition) is 4. The van der Waals surface area contributed by atoms with Gasteiger partial charge in [0.25, 0.3) is 0 Å². The van der Waals surface area contributed by atoms with E-state index in [0.717, 1.165) is 0 Å². The summed E-state index contributed by atoms with van der Waals surface area (Å²) in [5.74, 6) is -0.606. The highest BCUT2D eigenvalue weighted by Crippen LogP contribution is 2.18. The van der Waals surface area contributed by atoms with E-state index in [2.05, 4.69) is 0 Å². The number of benzene rings is 1. The van der Waals surface area contributed by atoms with Gasteiger partial charge < -0.3 is 9.84 Å². The maximum absolute atomic E-state index is 12.4. The Bertz CT molecular complexity index is 419. The molecule has 1 aromatic rings. The second-order valence-corrected chi connectivity index (χ2v) is 5.71. The smallest absolute Gasteiger partial charge is 0.324 e. The summed E-state index contributed by atoms with van der Waals surface area (Å²) in [6, 6.07) is 8.67. The van der Waals surface area contributed by atoms with Crippen LogP contribution in [0.15, 0.2) is 35.2 Å². The number of aliphatic hydroxyl groups excluding tert-OH is 1. The van der Waals surface area contributed by atoms with Crippen LogP contribution < -0.4 is 0 Å². The first-order valence-electron chi connectivity index (χ1n) is 6.42. The predicted molar refractivity (Wildman–Crippen MR) is 74.2 cm³/mol. The van der Waals surface area contributed by atoms with E-state index in [1.165, 1.54) is 0 Å². The highest BCUT2D eigenvalue weighted by Gasteiger charge is 2.34. The van der Waals surface area contributed by atoms with Gasteiger partial charge in [-0.25, -0.2) is 0 Å². The minimum atomic E-state index is -1.61. The molecule has 106 valence electrons. The van der Waals surface area contributed by atoms with Gasteiger partial charge in [-0.1, -0.05) is 31.5 Å². The molecular formula is C14H20O4S. The zero-order chi connectivity index (χ0) is 14.3. The van der Waals surface area contributed by atoms with Crippen LogP contribution in [0.5, 0.6) is 0 Å². The zero-order valence-electron chi connectivity index (χ0n) is 11.2. The molecule has 0 bridgehead atoms. The molecule has 0 aliphatic rings. The minimum Gasteiger partial charge on any atom is -0.465 e. The minimum absolute atomic E-state index is 0.209. The number of hydrogen-bond donors (Lipinski definition) is 1. The molecular weight excluding hydrogens is 264 g/mol. The van der Waals surface area contributed by atoms with Gasteiger partial charge in [0.1, 0.15) is 0 Å². The topological polar surface area (TPSA) is 63.6 Å². The van der Waals surface area contributed by atoms with Crippen molar-refractivity contribution < 1.29 is 18.8 Å². The van der Waals surface area contributed by atoms with Crippen molar-refractivity contribution in [3.63, 3.8) is 0 Å². The van der Waals surface area contributed by atoms with E-state index in [4.69, 9.17) is 4.74 Å². The molecule has 0 heterocycles. The van der Waals surface area contributed by atoms with Gasteiger partial charge in [0.2, 0.25) is 0 Å². The van der Waals surface area contributed by atoms with Crippen molar-refractivity contribution >= 4 is 16.8 Å². The lowest BCUT2D eigenvalue weighted by atomic mass is 10.1. The van der Waals surface area contributed by atoms with Crippen molar-refractivity contribution in [1.29, 1.82) is 0 Å². The Hall–Kier alpha value is -1.20. The number of aliphatic hydroxyl groups is 1. The molecule has 3 unspecified atom stereocenters. The van der Waals surface area contributed by atoms with Gasteiger partial charge in [0, 0.05) is 4.90 Å². The van der Waals surface area contributed by atoms with Crippen LogP contribution in [0.3, 0.4) is 0 Å². The van der Waals surface area contributed by atoms with Crippen LogP contribution in [-0.2, 0) is 20.3 Å². The van der Waals surface area contributed by atoms with Crippen molar-refractivity contribution in [3.05, 3.63) is 30.3 Å². The lowest BCUT2D eigenvalue weighted by Gasteiger charge is -2.20. The van der Waals surface area contributed by atoms with E-state index in [0.29, 0.717) is 17.7 Å². The lowest BCUT2D eigenvalue weighted by Crippen LogP contribution is -2.39. The second kappa shape index (κ2) is 8.07. The number of rotatable bonds is 7. The number of ether oxygens (including phenoxy) is 1. The number of carbonyl (C=O) groups excluding carboxylic acids is 1. The summed E-state index contributed by atoms with van der Waals surface area (Å²) in [5, 5.41) is 9.02. The monoisotopic (exact) mass is 284 g/mol. The third-order valence-corrected chi connectivity index (χ3v) is 4.36. The van der Waals surface area contributed by atoms with E-state index < -0.39 is 28.1 Å². The van der Waals surface area contributed by atoms with Gasteiger partial charge in [0.05, 0.1) is 23.5 Å². The van der Waals surface area contributed by atoms with Gasteiger partial charge in [-0.3, -0.25) is 9.00 Å². The van der Waals surface area contributed by atoms with Crippen molar-refractivity contribution in [2.75, 3.05) is 6.61 Å². The molecule has 0 saturated carbocycles. The molecule has 0 aliphatic heterocycles. The maximum Gasteiger partial charge on any atom is 0.324 e. The van der Waals surface area contributed by atoms with Crippen LogP contribution in [0.1, 0.15) is 26.7 Å². The Morgan fingerprint density at radius 3 is 2.47 bits per heavy atom. The quantitative estimate of drug-likeness (QED) is 0.777. The van der Waals surface area contributed by atoms with Gasteiger partial charge >= 0.3 is 5.97 Å². The highest BCUT2D eigenvalue weighted by atomic mass is 32.2. The van der Waals surface area contributed by atoms with Crippen LogP contribution in [0.25, 0.3) is 0 Å². The summed E-state index contributed by atoms with van der Waals surface area (Å²) in [7, 11) is -1.61. The molecule has 1 aromatic carbocycles. The molecule has 4 nitrogen and oxygen atoms in total. The average molecular weight is 284 g/mol. The van der Waals surface area contributed by atoms with Crippen LogP contribution in [0.2, 0.25) is 0 Å². The summed E-state index contributed by atoms with van der Waals surface area (Å²) in [6.07, 6.45) is 0.176. The first kappa shape index (κ1) is 15.9. The van der Waals surface area contributed by atoms with Gasteiger partial charge in [0.15, 0.2) is 5.25 Å². The summed E-state index contributed by atoms with van der Waals surface area (Å²) in [5.41, 5.74) is 0. The van der Waals surface area contributed by atoms with Gasteiger partial charge in [-0.15, -0.1) is 0 Å². The zero-order valence-corrected chi connectivity index (χ0v) is 12.1. The maximum atomic E-state index is 12.4. The van der Waals surface area contributed by atoms with E-state index >= 15 is 0 Å². The normalized spacial score (nSPS) is 15.5. The number of carbonyl (C=O) groups is 1. The lowest BCUT2D eigenvalue weighted by molar-refractivity contribution is -0.144. The molecule has 3 atom stereocenters. The van der Waals surface area contributed by atoms with E-state index in [9.17, 15) is 14.1 Å². The van der Waals surface area contributed by atoms with E-state index in [1.807, 2.05) is 13.0 Å². The molecule has 0 fully saturated rings. The fourth-order valence-corrected chi connectivity index (χ4v) is 3.14. The van der Waals surface area contributed by atoms with E-state index in [1.54, 1.807) is 31.2 Å². The highest BCUT2D eigenvalue weighted by molar-refractivity contribution is 7.86. The Morgan fingerprint density at radius 1 is 1.32 bits per heavy atom. The van der Waals surface area contributed by atoms with Crippen molar-refractivity contribution in [2.24, 2.45) is 0 Å². The average Bonchev–Trinajstić information content (AvgIpc) is 2.40. The van der Waals surface area contributed by atoms with Crippen LogP contribution >= 0.6 is 0 Å². The standard InChI is InChI=1S/C14H20O4S/c1-3-8-12(15)13(14(16)18-4-2)19(17)11-9-6-5-7-10-11/h5-7,9-10,12-13,15H,3-4,8H2,1-2H3. The molecule has 1 rings (SSSR count). The predicted octanol–water partition coefficient (Wildman–Crippen LogP) is 1.89. The molecule has 0 spiro atoms. The number of esters is 1. The SMILES string of the molecule is CCCC(O)C(C(=O)OCC)S(=O)c1ccccc1. The van der Waals surface area contributed by atoms with Crippen molar-refractivity contribution in [3.8, 4) is 0 Å². The fraction of sp³-hybridized carbons (Fsp3) is 0.500. The molecule has 0 amide bonds. The van der Waals surface area contributed by atoms with Crippen molar-refractivity contribution in [1.82, 2.24) is 0 Å². The fourth-order valence-electron chi connectivity index (χ4n) is 1.76.